The van der Waals surface area contributed by atoms with Crippen LogP contribution in [0.15, 0.2) is 6.07 Å². The zero-order valence-electron chi connectivity index (χ0n) is 15.1. The molecule has 0 bridgehead atoms. The first-order chi connectivity index (χ1) is 11.2. The van der Waals surface area contributed by atoms with Gasteiger partial charge in [-0.25, -0.2) is 4.79 Å². The first-order valence-electron chi connectivity index (χ1n) is 7.86. The van der Waals surface area contributed by atoms with Gasteiger partial charge in [-0.15, -0.1) is 0 Å². The lowest BCUT2D eigenvalue weighted by atomic mass is 9.91. The first-order valence-corrected chi connectivity index (χ1v) is 7.86. The van der Waals surface area contributed by atoms with Crippen LogP contribution in [-0.4, -0.2) is 31.0 Å². The molecule has 0 saturated carbocycles. The van der Waals surface area contributed by atoms with E-state index >= 15 is 0 Å². The predicted octanol–water partition coefficient (Wildman–Crippen LogP) is 2.01. The second-order valence-electron chi connectivity index (χ2n) is 5.70. The highest BCUT2D eigenvalue weighted by atomic mass is 16.5. The molecule has 0 saturated heterocycles. The summed E-state index contributed by atoms with van der Waals surface area (Å²) in [5.74, 6) is -0.626. The lowest BCUT2D eigenvalue weighted by Gasteiger charge is -2.21. The molecule has 132 valence electrons. The van der Waals surface area contributed by atoms with Crippen LogP contribution in [0.5, 0.6) is 5.75 Å². The number of amides is 1. The second kappa shape index (κ2) is 8.47. The lowest BCUT2D eigenvalue weighted by Crippen LogP contribution is -2.42. The third-order valence-corrected chi connectivity index (χ3v) is 3.91. The van der Waals surface area contributed by atoms with Gasteiger partial charge in [-0.1, -0.05) is 6.92 Å². The van der Waals surface area contributed by atoms with Crippen LogP contribution in [-0.2, 0) is 32.0 Å². The van der Waals surface area contributed by atoms with Gasteiger partial charge in [-0.2, -0.15) is 0 Å². The minimum Gasteiger partial charge on any atom is -0.467 e. The van der Waals surface area contributed by atoms with E-state index in [0.717, 1.165) is 22.3 Å². The van der Waals surface area contributed by atoms with Gasteiger partial charge in [0.25, 0.3) is 0 Å². The highest BCUT2D eigenvalue weighted by Crippen LogP contribution is 2.30. The molecule has 1 aromatic carbocycles. The smallest absolute Gasteiger partial charge is 0.328 e. The average Bonchev–Trinajstić information content (AvgIpc) is 2.48. The molecule has 1 aromatic rings. The molecule has 6 nitrogen and oxygen atoms in total. The molecule has 1 amide bonds. The van der Waals surface area contributed by atoms with E-state index in [2.05, 4.69) is 5.32 Å². The molecule has 0 heterocycles. The van der Waals surface area contributed by atoms with Crippen molar-refractivity contribution in [1.82, 2.24) is 5.32 Å². The van der Waals surface area contributed by atoms with Crippen molar-refractivity contribution in [2.45, 2.75) is 53.5 Å². The first kappa shape index (κ1) is 19.7. The zero-order chi connectivity index (χ0) is 18.4. The largest absolute Gasteiger partial charge is 0.467 e. The summed E-state index contributed by atoms with van der Waals surface area (Å²) in [5.41, 5.74) is 3.69. The number of aryl methyl sites for hydroxylation is 1. The predicted molar refractivity (Wildman–Crippen MR) is 89.9 cm³/mol. The number of hydrogen-bond acceptors (Lipinski definition) is 5. The molecule has 0 aliphatic rings. The van der Waals surface area contributed by atoms with Gasteiger partial charge in [0.15, 0.2) is 0 Å². The van der Waals surface area contributed by atoms with Gasteiger partial charge in [0.05, 0.1) is 7.11 Å². The molecule has 24 heavy (non-hydrogen) atoms. The maximum absolute atomic E-state index is 11.9. The van der Waals surface area contributed by atoms with E-state index < -0.39 is 12.0 Å². The van der Waals surface area contributed by atoms with E-state index in [4.69, 9.17) is 9.47 Å². The lowest BCUT2D eigenvalue weighted by molar-refractivity contribution is -0.144. The van der Waals surface area contributed by atoms with Gasteiger partial charge in [0.2, 0.25) is 5.91 Å². The zero-order valence-corrected chi connectivity index (χ0v) is 15.1. The van der Waals surface area contributed by atoms with Gasteiger partial charge in [-0.3, -0.25) is 9.59 Å². The van der Waals surface area contributed by atoms with E-state index in [-0.39, 0.29) is 11.9 Å². The topological polar surface area (TPSA) is 81.7 Å². The van der Waals surface area contributed by atoms with E-state index in [1.54, 1.807) is 6.07 Å². The van der Waals surface area contributed by atoms with Crippen LogP contribution >= 0.6 is 0 Å². The summed E-state index contributed by atoms with van der Waals surface area (Å²) in [6.45, 7) is 8.51. The van der Waals surface area contributed by atoms with Crippen LogP contribution < -0.4 is 10.1 Å². The molecule has 1 atom stereocenters. The van der Waals surface area contributed by atoms with Crippen LogP contribution in [0.4, 0.5) is 0 Å². The number of ether oxygens (including phenoxy) is 2. The van der Waals surface area contributed by atoms with Crippen molar-refractivity contribution in [3.05, 3.63) is 28.3 Å². The van der Waals surface area contributed by atoms with Crippen LogP contribution in [0, 0.1) is 13.8 Å². The fourth-order valence-electron chi connectivity index (χ4n) is 2.82. The normalized spacial score (nSPS) is 11.6. The maximum Gasteiger partial charge on any atom is 0.328 e. The number of rotatable bonds is 6. The molecule has 0 aliphatic carbocycles. The average molecular weight is 335 g/mol. The molecule has 6 heteroatoms. The summed E-state index contributed by atoms with van der Waals surface area (Å²) >= 11 is 0. The monoisotopic (exact) mass is 335 g/mol. The van der Waals surface area contributed by atoms with Crippen LogP contribution in [0.2, 0.25) is 0 Å². The Labute approximate surface area is 142 Å². The van der Waals surface area contributed by atoms with Gasteiger partial charge >= 0.3 is 11.9 Å². The summed E-state index contributed by atoms with van der Waals surface area (Å²) in [6.07, 6.45) is 1.00. The number of methoxy groups -OCH3 is 1. The number of carbonyl (C=O) groups excluding carboxylic acids is 3. The fourth-order valence-corrected chi connectivity index (χ4v) is 2.82. The number of esters is 2. The molecule has 0 fully saturated rings. The summed E-state index contributed by atoms with van der Waals surface area (Å²) in [6, 6.07) is 1.04. The van der Waals surface area contributed by atoms with E-state index in [9.17, 15) is 14.4 Å². The summed E-state index contributed by atoms with van der Waals surface area (Å²) < 4.78 is 10.1. The number of benzene rings is 1. The van der Waals surface area contributed by atoms with Gasteiger partial charge in [-0.05, 0) is 48.6 Å². The van der Waals surface area contributed by atoms with Crippen molar-refractivity contribution >= 4 is 17.8 Å². The third-order valence-electron chi connectivity index (χ3n) is 3.91. The quantitative estimate of drug-likeness (QED) is 0.635. The Morgan fingerprint density at radius 2 is 1.79 bits per heavy atom. The third kappa shape index (κ3) is 4.81. The van der Waals surface area contributed by atoms with Crippen molar-refractivity contribution in [3.63, 3.8) is 0 Å². The number of nitrogens with one attached hydrogen (secondary N) is 1. The Morgan fingerprint density at radius 3 is 2.25 bits per heavy atom. The van der Waals surface area contributed by atoms with Crippen molar-refractivity contribution in [1.29, 1.82) is 0 Å². The molecular weight excluding hydrogens is 310 g/mol. The minimum atomic E-state index is -0.755. The molecule has 0 spiro atoms. The summed E-state index contributed by atoms with van der Waals surface area (Å²) in [7, 11) is 1.29. The Balaban J connectivity index is 3.29. The van der Waals surface area contributed by atoms with Crippen molar-refractivity contribution in [2.75, 3.05) is 7.11 Å². The molecule has 0 radical (unpaired) electrons. The Bertz CT molecular complexity index is 651. The minimum absolute atomic E-state index is 0.298. The summed E-state index contributed by atoms with van der Waals surface area (Å²) in [4.78, 5) is 34.6. The standard InChI is InChI=1S/C18H25NO5/c1-7-14-11(3)15(10(2)8-17(14)24-13(5)21)9-16(18(22)23-6)19-12(4)20/h8,16H,7,9H2,1-6H3,(H,19,20)/t16-/m0/s1. The van der Waals surface area contributed by atoms with Gasteiger partial charge in [0.1, 0.15) is 11.8 Å². The number of hydrogen-bond donors (Lipinski definition) is 1. The van der Waals surface area contributed by atoms with E-state index in [1.807, 2.05) is 20.8 Å². The van der Waals surface area contributed by atoms with Gasteiger partial charge < -0.3 is 14.8 Å². The fraction of sp³-hybridized carbons (Fsp3) is 0.500. The van der Waals surface area contributed by atoms with Crippen molar-refractivity contribution in [2.24, 2.45) is 0 Å². The van der Waals surface area contributed by atoms with Crippen LogP contribution in [0.25, 0.3) is 0 Å². The van der Waals surface area contributed by atoms with E-state index in [1.165, 1.54) is 21.0 Å². The Kier molecular flexibility index (Phi) is 6.95. The molecule has 0 unspecified atom stereocenters. The Morgan fingerprint density at radius 1 is 1.17 bits per heavy atom. The number of carbonyl (C=O) groups is 3. The van der Waals surface area contributed by atoms with Gasteiger partial charge in [0, 0.05) is 20.3 Å². The Hall–Kier alpha value is -2.37. The van der Waals surface area contributed by atoms with Crippen LogP contribution in [0.3, 0.4) is 0 Å². The van der Waals surface area contributed by atoms with Crippen molar-refractivity contribution < 1.29 is 23.9 Å². The van der Waals surface area contributed by atoms with E-state index in [0.29, 0.717) is 18.6 Å². The molecule has 0 aromatic heterocycles. The molecule has 1 rings (SSSR count). The van der Waals surface area contributed by atoms with Crippen LogP contribution in [0.1, 0.15) is 43.0 Å². The maximum atomic E-state index is 11.9. The molecule has 0 aliphatic heterocycles. The van der Waals surface area contributed by atoms with Crippen molar-refractivity contribution in [3.8, 4) is 5.75 Å². The molecule has 1 N–H and O–H groups in total. The molecular formula is C18H25NO5. The highest BCUT2D eigenvalue weighted by Gasteiger charge is 2.24. The highest BCUT2D eigenvalue weighted by molar-refractivity contribution is 5.83. The second-order valence-corrected chi connectivity index (χ2v) is 5.70. The SMILES string of the molecule is CCc1c(OC(C)=O)cc(C)c(C[C@H](NC(C)=O)C(=O)OC)c1C. The summed E-state index contributed by atoms with van der Waals surface area (Å²) in [5, 5.41) is 2.62.